The maximum absolute atomic E-state index is 6.06. The van der Waals surface area contributed by atoms with E-state index in [-0.39, 0.29) is 0 Å². The zero-order valence-corrected chi connectivity index (χ0v) is 9.57. The first-order valence-electron chi connectivity index (χ1n) is 4.87. The Morgan fingerprint density at radius 1 is 1.29 bits per heavy atom. The summed E-state index contributed by atoms with van der Waals surface area (Å²) in [5.41, 5.74) is 0.955. The molecule has 1 aromatic rings. The summed E-state index contributed by atoms with van der Waals surface area (Å²) in [5.74, 6) is 0.838. The molecule has 2 rings (SSSR count). The standard InChI is InChI=1S/C11H13Cl2N/c1-7-5-8(6-7)14-10-4-2-3-9(12)11(10)13/h2-4,7-8,14H,5-6H2,1H3. The Bertz CT molecular complexity index is 332. The van der Waals surface area contributed by atoms with Crippen LogP contribution in [0.4, 0.5) is 5.69 Å². The van der Waals surface area contributed by atoms with Gasteiger partial charge in [-0.2, -0.15) is 0 Å². The second-order valence-electron chi connectivity index (χ2n) is 4.02. The van der Waals surface area contributed by atoms with Gasteiger partial charge in [-0.1, -0.05) is 36.2 Å². The summed E-state index contributed by atoms with van der Waals surface area (Å²) in [6, 6.07) is 6.26. The van der Waals surface area contributed by atoms with Crippen molar-refractivity contribution in [2.75, 3.05) is 5.32 Å². The average molecular weight is 230 g/mol. The summed E-state index contributed by atoms with van der Waals surface area (Å²) in [7, 11) is 0. The van der Waals surface area contributed by atoms with Crippen LogP contribution in [0.2, 0.25) is 10.0 Å². The minimum atomic E-state index is 0.570. The van der Waals surface area contributed by atoms with Crippen LogP contribution in [-0.2, 0) is 0 Å². The summed E-state index contributed by atoms with van der Waals surface area (Å²) in [6.45, 7) is 2.26. The highest BCUT2D eigenvalue weighted by molar-refractivity contribution is 6.43. The average Bonchev–Trinajstić information content (AvgIpc) is 2.10. The van der Waals surface area contributed by atoms with Crippen molar-refractivity contribution in [3.05, 3.63) is 28.2 Å². The Balaban J connectivity index is 2.06. The highest BCUT2D eigenvalue weighted by Crippen LogP contribution is 2.34. The van der Waals surface area contributed by atoms with Crippen LogP contribution in [0.5, 0.6) is 0 Å². The molecule has 1 nitrogen and oxygen atoms in total. The van der Waals surface area contributed by atoms with E-state index in [1.165, 1.54) is 12.8 Å². The molecule has 1 aromatic carbocycles. The van der Waals surface area contributed by atoms with Gasteiger partial charge in [-0.3, -0.25) is 0 Å². The minimum absolute atomic E-state index is 0.570. The summed E-state index contributed by atoms with van der Waals surface area (Å²) >= 11 is 12.0. The third kappa shape index (κ3) is 1.99. The molecule has 1 aliphatic carbocycles. The summed E-state index contributed by atoms with van der Waals surface area (Å²) in [5, 5.41) is 4.65. The summed E-state index contributed by atoms with van der Waals surface area (Å²) in [6.07, 6.45) is 2.45. The van der Waals surface area contributed by atoms with Crippen LogP contribution >= 0.6 is 23.2 Å². The molecular weight excluding hydrogens is 217 g/mol. The van der Waals surface area contributed by atoms with E-state index in [1.54, 1.807) is 6.07 Å². The lowest BCUT2D eigenvalue weighted by Gasteiger charge is -2.34. The fourth-order valence-corrected chi connectivity index (χ4v) is 2.21. The van der Waals surface area contributed by atoms with Gasteiger partial charge in [0.05, 0.1) is 15.7 Å². The van der Waals surface area contributed by atoms with E-state index in [2.05, 4.69) is 12.2 Å². The highest BCUT2D eigenvalue weighted by atomic mass is 35.5. The van der Waals surface area contributed by atoms with Gasteiger partial charge >= 0.3 is 0 Å². The predicted molar refractivity (Wildman–Crippen MR) is 62.3 cm³/mol. The maximum atomic E-state index is 6.06. The molecule has 76 valence electrons. The fourth-order valence-electron chi connectivity index (χ4n) is 1.86. The normalized spacial score (nSPS) is 25.6. The maximum Gasteiger partial charge on any atom is 0.0823 e. The molecule has 1 fully saturated rings. The number of hydrogen-bond acceptors (Lipinski definition) is 1. The lowest BCUT2D eigenvalue weighted by molar-refractivity contribution is 0.309. The van der Waals surface area contributed by atoms with Gasteiger partial charge in [0.25, 0.3) is 0 Å². The van der Waals surface area contributed by atoms with Gasteiger partial charge in [-0.15, -0.1) is 0 Å². The number of anilines is 1. The smallest absolute Gasteiger partial charge is 0.0823 e. The molecule has 14 heavy (non-hydrogen) atoms. The number of rotatable bonds is 2. The lowest BCUT2D eigenvalue weighted by atomic mass is 9.82. The Kier molecular flexibility index (Phi) is 2.89. The van der Waals surface area contributed by atoms with Gasteiger partial charge in [0.15, 0.2) is 0 Å². The monoisotopic (exact) mass is 229 g/mol. The first-order chi connectivity index (χ1) is 6.66. The fraction of sp³-hybridized carbons (Fsp3) is 0.455. The molecule has 3 heteroatoms. The topological polar surface area (TPSA) is 12.0 Å². The van der Waals surface area contributed by atoms with Crippen LogP contribution < -0.4 is 5.32 Å². The van der Waals surface area contributed by atoms with E-state index in [1.807, 2.05) is 12.1 Å². The molecule has 0 atom stereocenters. The number of nitrogens with one attached hydrogen (secondary N) is 1. The predicted octanol–water partition coefficient (Wildman–Crippen LogP) is 4.20. The van der Waals surface area contributed by atoms with Crippen LogP contribution in [0.15, 0.2) is 18.2 Å². The molecular formula is C11H13Cl2N. The third-order valence-corrected chi connectivity index (χ3v) is 3.50. The second-order valence-corrected chi connectivity index (χ2v) is 4.80. The van der Waals surface area contributed by atoms with Gasteiger partial charge in [-0.05, 0) is 30.9 Å². The van der Waals surface area contributed by atoms with E-state index in [4.69, 9.17) is 23.2 Å². The molecule has 1 saturated carbocycles. The van der Waals surface area contributed by atoms with Crippen molar-refractivity contribution >= 4 is 28.9 Å². The lowest BCUT2D eigenvalue weighted by Crippen LogP contribution is -2.33. The zero-order chi connectivity index (χ0) is 10.1. The number of benzene rings is 1. The third-order valence-electron chi connectivity index (χ3n) is 2.68. The zero-order valence-electron chi connectivity index (χ0n) is 8.06. The van der Waals surface area contributed by atoms with E-state index in [9.17, 15) is 0 Å². The minimum Gasteiger partial charge on any atom is -0.381 e. The van der Waals surface area contributed by atoms with E-state index in [0.29, 0.717) is 16.1 Å². The number of hydrogen-bond donors (Lipinski definition) is 1. The van der Waals surface area contributed by atoms with Crippen molar-refractivity contribution in [3.8, 4) is 0 Å². The van der Waals surface area contributed by atoms with Crippen molar-refractivity contribution in [2.45, 2.75) is 25.8 Å². The molecule has 0 saturated heterocycles. The van der Waals surface area contributed by atoms with Crippen LogP contribution in [0, 0.1) is 5.92 Å². The van der Waals surface area contributed by atoms with Crippen LogP contribution in [-0.4, -0.2) is 6.04 Å². The van der Waals surface area contributed by atoms with Gasteiger partial charge in [-0.25, -0.2) is 0 Å². The van der Waals surface area contributed by atoms with Crippen LogP contribution in [0.3, 0.4) is 0 Å². The highest BCUT2D eigenvalue weighted by Gasteiger charge is 2.25. The van der Waals surface area contributed by atoms with Crippen LogP contribution in [0.1, 0.15) is 19.8 Å². The quantitative estimate of drug-likeness (QED) is 0.802. The number of halogens is 2. The molecule has 0 radical (unpaired) electrons. The molecule has 0 aliphatic heterocycles. The molecule has 0 bridgehead atoms. The van der Waals surface area contributed by atoms with E-state index < -0.39 is 0 Å². The molecule has 0 heterocycles. The molecule has 1 N–H and O–H groups in total. The Morgan fingerprint density at radius 2 is 2.00 bits per heavy atom. The Morgan fingerprint density at radius 3 is 2.64 bits per heavy atom. The van der Waals surface area contributed by atoms with Crippen molar-refractivity contribution in [3.63, 3.8) is 0 Å². The van der Waals surface area contributed by atoms with E-state index in [0.717, 1.165) is 11.6 Å². The van der Waals surface area contributed by atoms with Crippen molar-refractivity contribution in [1.29, 1.82) is 0 Å². The Hall–Kier alpha value is -0.400. The van der Waals surface area contributed by atoms with Crippen molar-refractivity contribution < 1.29 is 0 Å². The summed E-state index contributed by atoms with van der Waals surface area (Å²) < 4.78 is 0. The van der Waals surface area contributed by atoms with Gasteiger partial charge < -0.3 is 5.32 Å². The van der Waals surface area contributed by atoms with Gasteiger partial charge in [0, 0.05) is 6.04 Å². The van der Waals surface area contributed by atoms with E-state index >= 15 is 0 Å². The molecule has 0 unspecified atom stereocenters. The van der Waals surface area contributed by atoms with Crippen molar-refractivity contribution in [1.82, 2.24) is 0 Å². The first-order valence-corrected chi connectivity index (χ1v) is 5.63. The van der Waals surface area contributed by atoms with Crippen LogP contribution in [0.25, 0.3) is 0 Å². The molecule has 0 spiro atoms. The molecule has 0 amide bonds. The first kappa shape index (κ1) is 10.1. The molecule has 0 aromatic heterocycles. The largest absolute Gasteiger partial charge is 0.381 e. The van der Waals surface area contributed by atoms with Gasteiger partial charge in [0.2, 0.25) is 0 Å². The Labute approximate surface area is 94.4 Å². The van der Waals surface area contributed by atoms with Gasteiger partial charge in [0.1, 0.15) is 0 Å². The molecule has 1 aliphatic rings. The second kappa shape index (κ2) is 4.00. The summed E-state index contributed by atoms with van der Waals surface area (Å²) in [4.78, 5) is 0. The van der Waals surface area contributed by atoms with Crippen molar-refractivity contribution in [2.24, 2.45) is 5.92 Å². The SMILES string of the molecule is CC1CC(Nc2cccc(Cl)c2Cl)C1.